The zero-order valence-corrected chi connectivity index (χ0v) is 21.8. The lowest BCUT2D eigenvalue weighted by Gasteiger charge is -2.61. The van der Waals surface area contributed by atoms with Crippen molar-refractivity contribution >= 4 is 18.0 Å². The van der Waals surface area contributed by atoms with Crippen molar-refractivity contribution in [3.8, 4) is 0 Å². The Hall–Kier alpha value is -2.68. The van der Waals surface area contributed by atoms with E-state index in [1.54, 1.807) is 19.1 Å². The predicted octanol–water partition coefficient (Wildman–Crippen LogP) is 4.71. The van der Waals surface area contributed by atoms with Gasteiger partial charge in [0.05, 0.1) is 6.10 Å². The Morgan fingerprint density at radius 3 is 2.67 bits per heavy atom. The standard InChI is InChI=1S/C27H38N2O7/c1-7-25(5)13-20(35-24(33)28-23(32)34-14-18-12-16(3)36-29-18)26(6)15(2)8-10-27(17(4)22(25)31)11-9-19(30)21(26)27/h7,12,15,17,20-22,31H,1,8-11,13-14H2,2-6H3,(H,28,32,33)/t15?,17-,20+,21-,22-,25+,26+,27-/m0/s1. The molecule has 9 heteroatoms. The quantitative estimate of drug-likeness (QED) is 0.567. The average Bonchev–Trinajstić information content (AvgIpc) is 3.41. The van der Waals surface area contributed by atoms with Gasteiger partial charge in [0.1, 0.15) is 29.9 Å². The van der Waals surface area contributed by atoms with Crippen molar-refractivity contribution in [1.29, 1.82) is 0 Å². The Balaban J connectivity index is 1.60. The van der Waals surface area contributed by atoms with Crippen LogP contribution in [0.4, 0.5) is 9.59 Å². The number of hydrogen-bond donors (Lipinski definition) is 2. The fourth-order valence-electron chi connectivity index (χ4n) is 7.40. The van der Waals surface area contributed by atoms with Gasteiger partial charge in [-0.15, -0.1) is 6.58 Å². The van der Waals surface area contributed by atoms with Crippen LogP contribution in [0, 0.1) is 40.9 Å². The van der Waals surface area contributed by atoms with Crippen molar-refractivity contribution in [3.63, 3.8) is 0 Å². The molecule has 4 rings (SSSR count). The maximum atomic E-state index is 13.4. The minimum absolute atomic E-state index is 0.0920. The highest BCUT2D eigenvalue weighted by Gasteiger charge is 2.68. The normalized spacial score (nSPS) is 39.9. The van der Waals surface area contributed by atoms with E-state index in [9.17, 15) is 19.5 Å². The number of imide groups is 1. The van der Waals surface area contributed by atoms with Crippen molar-refractivity contribution in [2.24, 2.45) is 34.0 Å². The highest BCUT2D eigenvalue weighted by Crippen LogP contribution is 2.67. The fraction of sp³-hybridized carbons (Fsp3) is 0.704. The summed E-state index contributed by atoms with van der Waals surface area (Å²) in [6.45, 7) is 13.7. The van der Waals surface area contributed by atoms with Crippen LogP contribution in [0.3, 0.4) is 0 Å². The zero-order chi connectivity index (χ0) is 26.5. The summed E-state index contributed by atoms with van der Waals surface area (Å²) in [5.74, 6) is 0.379. The number of nitrogens with one attached hydrogen (secondary N) is 1. The molecule has 3 aliphatic rings. The molecule has 2 bridgehead atoms. The van der Waals surface area contributed by atoms with Crippen molar-refractivity contribution < 1.29 is 33.5 Å². The molecule has 2 amide bonds. The summed E-state index contributed by atoms with van der Waals surface area (Å²) in [4.78, 5) is 38.6. The number of hydrogen-bond acceptors (Lipinski definition) is 8. The Kier molecular flexibility index (Phi) is 6.83. The number of carbonyl (C=O) groups is 3. The second-order valence-corrected chi connectivity index (χ2v) is 11.6. The van der Waals surface area contributed by atoms with Gasteiger partial charge < -0.3 is 19.1 Å². The van der Waals surface area contributed by atoms with E-state index >= 15 is 0 Å². The molecule has 1 unspecified atom stereocenters. The minimum atomic E-state index is -0.972. The number of carbonyl (C=O) groups excluding carboxylic acids is 3. The van der Waals surface area contributed by atoms with Crippen LogP contribution in [-0.2, 0) is 20.9 Å². The molecule has 1 heterocycles. The van der Waals surface area contributed by atoms with Crippen LogP contribution in [0.15, 0.2) is 23.2 Å². The summed E-state index contributed by atoms with van der Waals surface area (Å²) in [6, 6.07) is 1.62. The van der Waals surface area contributed by atoms with E-state index in [1.807, 2.05) is 13.8 Å². The van der Waals surface area contributed by atoms with E-state index in [-0.39, 0.29) is 42.0 Å². The monoisotopic (exact) mass is 502 g/mol. The number of ether oxygens (including phenoxy) is 2. The Morgan fingerprint density at radius 1 is 1.31 bits per heavy atom. The summed E-state index contributed by atoms with van der Waals surface area (Å²) < 4.78 is 16.0. The topological polar surface area (TPSA) is 128 Å². The summed E-state index contributed by atoms with van der Waals surface area (Å²) in [7, 11) is 0. The maximum Gasteiger partial charge on any atom is 0.417 e. The van der Waals surface area contributed by atoms with E-state index in [4.69, 9.17) is 14.0 Å². The molecule has 2 N–H and O–H groups in total. The van der Waals surface area contributed by atoms with Crippen LogP contribution >= 0.6 is 0 Å². The number of amides is 2. The molecule has 0 aliphatic heterocycles. The van der Waals surface area contributed by atoms with Crippen LogP contribution in [0.5, 0.6) is 0 Å². The van der Waals surface area contributed by atoms with Crippen molar-refractivity contribution in [1.82, 2.24) is 10.5 Å². The van der Waals surface area contributed by atoms with Crippen LogP contribution in [0.25, 0.3) is 0 Å². The molecule has 8 atom stereocenters. The third-order valence-corrected chi connectivity index (χ3v) is 9.78. The third-order valence-electron chi connectivity index (χ3n) is 9.78. The van der Waals surface area contributed by atoms with Crippen molar-refractivity contribution in [2.75, 3.05) is 0 Å². The van der Waals surface area contributed by atoms with E-state index < -0.39 is 35.2 Å². The molecule has 0 aromatic carbocycles. The smallest absolute Gasteiger partial charge is 0.417 e. The minimum Gasteiger partial charge on any atom is -0.445 e. The molecule has 36 heavy (non-hydrogen) atoms. The Morgan fingerprint density at radius 2 is 2.03 bits per heavy atom. The van der Waals surface area contributed by atoms with Gasteiger partial charge >= 0.3 is 12.2 Å². The lowest BCUT2D eigenvalue weighted by Crippen LogP contribution is -2.63. The van der Waals surface area contributed by atoms with Crippen LogP contribution in [-0.4, -0.2) is 40.4 Å². The summed E-state index contributed by atoms with van der Waals surface area (Å²) in [6.07, 6.45) is 1.49. The molecular weight excluding hydrogens is 464 g/mol. The van der Waals surface area contributed by atoms with Gasteiger partial charge in [-0.2, -0.15) is 0 Å². The fourth-order valence-corrected chi connectivity index (χ4v) is 7.40. The van der Waals surface area contributed by atoms with Crippen molar-refractivity contribution in [2.45, 2.75) is 85.5 Å². The van der Waals surface area contributed by atoms with Gasteiger partial charge in [0, 0.05) is 29.2 Å². The highest BCUT2D eigenvalue weighted by atomic mass is 16.6. The first-order valence-corrected chi connectivity index (χ1v) is 12.8. The molecule has 0 radical (unpaired) electrons. The SMILES string of the molecule is C=C[C@]1(C)C[C@@H](OC(=O)NC(=O)OCc2cc(C)on2)[C@@]2(C)C(C)CC[C@]3(CCC(=O)[C@H]32)[C@@H](C)[C@@H]1O. The third kappa shape index (κ3) is 4.15. The Labute approximate surface area is 212 Å². The number of nitrogens with zero attached hydrogens (tertiary/aromatic N) is 1. The van der Waals surface area contributed by atoms with Gasteiger partial charge in [0.15, 0.2) is 0 Å². The molecule has 3 saturated carbocycles. The molecule has 1 aromatic heterocycles. The molecule has 9 nitrogen and oxygen atoms in total. The molecule has 1 aromatic rings. The largest absolute Gasteiger partial charge is 0.445 e. The molecule has 0 spiro atoms. The Bertz CT molecular complexity index is 1050. The second-order valence-electron chi connectivity index (χ2n) is 11.6. The molecule has 198 valence electrons. The summed E-state index contributed by atoms with van der Waals surface area (Å²) in [5, 5.41) is 17.4. The molecule has 3 fully saturated rings. The molecule has 0 saturated heterocycles. The van der Waals surface area contributed by atoms with Crippen LogP contribution < -0.4 is 5.32 Å². The van der Waals surface area contributed by atoms with E-state index in [2.05, 4.69) is 30.9 Å². The predicted molar refractivity (Wildman–Crippen MR) is 130 cm³/mol. The van der Waals surface area contributed by atoms with Gasteiger partial charge in [-0.1, -0.05) is 38.9 Å². The number of aromatic nitrogens is 1. The van der Waals surface area contributed by atoms with Gasteiger partial charge in [-0.25, -0.2) is 14.9 Å². The number of aryl methyl sites for hydroxylation is 1. The first-order chi connectivity index (χ1) is 16.9. The van der Waals surface area contributed by atoms with Crippen molar-refractivity contribution in [3.05, 3.63) is 30.2 Å². The number of aliphatic hydroxyl groups excluding tert-OH is 1. The van der Waals surface area contributed by atoms with E-state index in [0.717, 1.165) is 19.3 Å². The summed E-state index contributed by atoms with van der Waals surface area (Å²) in [5.41, 5.74) is -1.36. The van der Waals surface area contributed by atoms with Gasteiger partial charge in [-0.3, -0.25) is 4.79 Å². The first kappa shape index (κ1) is 26.4. The second kappa shape index (κ2) is 9.32. The lowest BCUT2D eigenvalue weighted by atomic mass is 9.44. The van der Waals surface area contributed by atoms with Crippen LogP contribution in [0.1, 0.15) is 71.3 Å². The number of rotatable bonds is 4. The maximum absolute atomic E-state index is 13.4. The zero-order valence-electron chi connectivity index (χ0n) is 21.8. The molecular formula is C27H38N2O7. The number of alkyl carbamates (subject to hydrolysis) is 2. The van der Waals surface area contributed by atoms with Gasteiger partial charge in [0.2, 0.25) is 0 Å². The number of aliphatic hydroxyl groups is 1. The highest BCUT2D eigenvalue weighted by molar-refractivity contribution is 5.88. The number of ketones is 1. The lowest BCUT2D eigenvalue weighted by molar-refractivity contribution is -0.191. The van der Waals surface area contributed by atoms with Crippen LogP contribution in [0.2, 0.25) is 0 Å². The summed E-state index contributed by atoms with van der Waals surface area (Å²) >= 11 is 0. The average molecular weight is 503 g/mol. The molecule has 3 aliphatic carbocycles. The number of Topliss-reactive ketones (excluding diaryl/α,β-unsaturated/α-hetero) is 1. The van der Waals surface area contributed by atoms with Gasteiger partial charge in [0.25, 0.3) is 0 Å². The van der Waals surface area contributed by atoms with E-state index in [1.165, 1.54) is 0 Å². The van der Waals surface area contributed by atoms with E-state index in [0.29, 0.717) is 17.9 Å². The first-order valence-electron chi connectivity index (χ1n) is 12.8. The van der Waals surface area contributed by atoms with Gasteiger partial charge in [-0.05, 0) is 49.9 Å².